The number of aliphatic hydroxyl groups is 1. The third-order valence-electron chi connectivity index (χ3n) is 3.69. The summed E-state index contributed by atoms with van der Waals surface area (Å²) >= 11 is 1.78. The van der Waals surface area contributed by atoms with E-state index in [1.807, 2.05) is 0 Å². The first-order valence-corrected chi connectivity index (χ1v) is 8.22. The van der Waals surface area contributed by atoms with Crippen molar-refractivity contribution in [1.82, 2.24) is 10.2 Å². The molecule has 1 aromatic rings. The quantitative estimate of drug-likeness (QED) is 0.777. The van der Waals surface area contributed by atoms with Gasteiger partial charge in [-0.2, -0.15) is 11.8 Å². The molecule has 6 nitrogen and oxygen atoms in total. The lowest BCUT2D eigenvalue weighted by molar-refractivity contribution is -0.159. The summed E-state index contributed by atoms with van der Waals surface area (Å²) in [7, 11) is 0. The zero-order chi connectivity index (χ0) is 16.2. The molecule has 0 bridgehead atoms. The first-order valence-electron chi connectivity index (χ1n) is 7.07. The van der Waals surface area contributed by atoms with Crippen LogP contribution in [0.15, 0.2) is 30.3 Å². The fourth-order valence-corrected chi connectivity index (χ4v) is 3.20. The highest BCUT2D eigenvalue weighted by Gasteiger charge is 2.42. The van der Waals surface area contributed by atoms with Gasteiger partial charge in [0.1, 0.15) is 0 Å². The number of rotatable bonds is 4. The number of nitrogens with one attached hydrogen (secondary N) is 1. The number of nitrogens with zero attached hydrogens (tertiary/aromatic N) is 1. The Kier molecular flexibility index (Phi) is 5.31. The van der Waals surface area contributed by atoms with E-state index < -0.39 is 17.6 Å². The van der Waals surface area contributed by atoms with Gasteiger partial charge in [0.15, 0.2) is 5.60 Å². The Morgan fingerprint density at radius 1 is 1.27 bits per heavy atom. The summed E-state index contributed by atoms with van der Waals surface area (Å²) in [6, 6.07) is 7.28. The van der Waals surface area contributed by atoms with Crippen LogP contribution < -0.4 is 5.32 Å². The molecule has 2 atom stereocenters. The lowest BCUT2D eigenvalue weighted by atomic mass is 9.90. The minimum Gasteiger partial charge on any atom is -0.479 e. The van der Waals surface area contributed by atoms with Gasteiger partial charge in [0.05, 0.1) is 6.04 Å². The van der Waals surface area contributed by atoms with Gasteiger partial charge in [-0.05, 0) is 12.5 Å². The van der Waals surface area contributed by atoms with Crippen LogP contribution in [0, 0.1) is 0 Å². The van der Waals surface area contributed by atoms with Crippen molar-refractivity contribution in [2.45, 2.75) is 18.6 Å². The molecule has 1 aliphatic heterocycles. The molecule has 1 heterocycles. The van der Waals surface area contributed by atoms with Gasteiger partial charge in [0, 0.05) is 24.6 Å². The topological polar surface area (TPSA) is 89.9 Å². The molecule has 0 saturated carbocycles. The van der Waals surface area contributed by atoms with Gasteiger partial charge < -0.3 is 20.4 Å². The van der Waals surface area contributed by atoms with Crippen molar-refractivity contribution in [3.63, 3.8) is 0 Å². The Bertz CT molecular complexity index is 530. The lowest BCUT2D eigenvalue weighted by Crippen LogP contribution is -2.53. The maximum atomic E-state index is 12.4. The highest BCUT2D eigenvalue weighted by Crippen LogP contribution is 2.26. The summed E-state index contributed by atoms with van der Waals surface area (Å²) in [6.07, 6.45) is 0. The maximum Gasteiger partial charge on any atom is 0.337 e. The predicted molar refractivity (Wildman–Crippen MR) is 84.9 cm³/mol. The third kappa shape index (κ3) is 3.72. The van der Waals surface area contributed by atoms with Crippen LogP contribution in [0.3, 0.4) is 0 Å². The van der Waals surface area contributed by atoms with Crippen LogP contribution in [0.2, 0.25) is 0 Å². The number of benzene rings is 1. The van der Waals surface area contributed by atoms with Gasteiger partial charge in [-0.15, -0.1) is 0 Å². The van der Waals surface area contributed by atoms with Crippen LogP contribution in [-0.2, 0) is 4.79 Å². The summed E-state index contributed by atoms with van der Waals surface area (Å²) in [5, 5.41) is 22.3. The molecule has 22 heavy (non-hydrogen) atoms. The van der Waals surface area contributed by atoms with Gasteiger partial charge in [-0.3, -0.25) is 0 Å². The van der Waals surface area contributed by atoms with Crippen molar-refractivity contribution in [2.24, 2.45) is 0 Å². The number of hydrogen-bond donors (Lipinski definition) is 3. The summed E-state index contributed by atoms with van der Waals surface area (Å²) in [5.41, 5.74) is -1.55. The second kappa shape index (κ2) is 7.02. The van der Waals surface area contributed by atoms with E-state index in [0.717, 1.165) is 11.5 Å². The second-order valence-corrected chi connectivity index (χ2v) is 6.57. The number of carboxylic acid groups (broad SMARTS) is 1. The van der Waals surface area contributed by atoms with Crippen molar-refractivity contribution in [1.29, 1.82) is 0 Å². The van der Waals surface area contributed by atoms with E-state index in [-0.39, 0.29) is 6.03 Å². The Morgan fingerprint density at radius 3 is 2.41 bits per heavy atom. The van der Waals surface area contributed by atoms with Gasteiger partial charge in [-0.1, -0.05) is 30.3 Å². The fourth-order valence-electron chi connectivity index (χ4n) is 2.30. The number of carboxylic acids is 1. The molecule has 120 valence electrons. The fraction of sp³-hybridized carbons (Fsp3) is 0.467. The highest BCUT2D eigenvalue weighted by molar-refractivity contribution is 7.99. The summed E-state index contributed by atoms with van der Waals surface area (Å²) in [5.74, 6) is 0.341. The largest absolute Gasteiger partial charge is 0.479 e. The number of carbonyl (C=O) groups excluding carboxylic acids is 1. The monoisotopic (exact) mass is 324 g/mol. The SMILES string of the molecule is CC(O)(C(=O)O)C(NC(=O)N1CCSCC1)c1ccccc1. The highest BCUT2D eigenvalue weighted by atomic mass is 32.2. The Balaban J connectivity index is 2.21. The predicted octanol–water partition coefficient (Wildman–Crippen LogP) is 1.32. The average molecular weight is 324 g/mol. The molecule has 2 unspecified atom stereocenters. The van der Waals surface area contributed by atoms with Gasteiger partial charge in [0.2, 0.25) is 0 Å². The van der Waals surface area contributed by atoms with Gasteiger partial charge in [-0.25, -0.2) is 9.59 Å². The first kappa shape index (κ1) is 16.6. The number of aliphatic carboxylic acids is 1. The van der Waals surface area contributed by atoms with Crippen molar-refractivity contribution in [2.75, 3.05) is 24.6 Å². The summed E-state index contributed by atoms with van der Waals surface area (Å²) < 4.78 is 0. The van der Waals surface area contributed by atoms with Crippen LogP contribution in [0.25, 0.3) is 0 Å². The number of carbonyl (C=O) groups is 2. The van der Waals surface area contributed by atoms with Gasteiger partial charge >= 0.3 is 12.0 Å². The smallest absolute Gasteiger partial charge is 0.337 e. The minimum atomic E-state index is -2.10. The molecule has 0 radical (unpaired) electrons. The number of amides is 2. The van der Waals surface area contributed by atoms with Crippen molar-refractivity contribution >= 4 is 23.8 Å². The molecule has 2 rings (SSSR count). The van der Waals surface area contributed by atoms with Crippen LogP contribution in [0.5, 0.6) is 0 Å². The van der Waals surface area contributed by atoms with Gasteiger partial charge in [0.25, 0.3) is 0 Å². The second-order valence-electron chi connectivity index (χ2n) is 5.35. The molecule has 7 heteroatoms. The molecule has 1 saturated heterocycles. The van der Waals surface area contributed by atoms with Crippen LogP contribution in [0.1, 0.15) is 18.5 Å². The van der Waals surface area contributed by atoms with E-state index in [1.165, 1.54) is 6.92 Å². The lowest BCUT2D eigenvalue weighted by Gasteiger charge is -2.34. The summed E-state index contributed by atoms with van der Waals surface area (Å²) in [6.45, 7) is 2.43. The van der Waals surface area contributed by atoms with E-state index in [0.29, 0.717) is 18.7 Å². The number of thioether (sulfide) groups is 1. The molecule has 1 fully saturated rings. The first-order chi connectivity index (χ1) is 10.4. The van der Waals surface area contributed by atoms with E-state index in [2.05, 4.69) is 5.32 Å². The maximum absolute atomic E-state index is 12.4. The summed E-state index contributed by atoms with van der Waals surface area (Å²) in [4.78, 5) is 25.4. The molecular formula is C15H20N2O4S. The van der Waals surface area contributed by atoms with E-state index in [1.54, 1.807) is 47.0 Å². The van der Waals surface area contributed by atoms with Crippen LogP contribution >= 0.6 is 11.8 Å². The number of hydrogen-bond acceptors (Lipinski definition) is 4. The molecule has 3 N–H and O–H groups in total. The Hall–Kier alpha value is -1.73. The molecular weight excluding hydrogens is 304 g/mol. The third-order valence-corrected chi connectivity index (χ3v) is 4.64. The molecule has 1 aromatic carbocycles. The number of urea groups is 1. The molecule has 0 spiro atoms. The molecule has 2 amide bonds. The Morgan fingerprint density at radius 2 is 1.86 bits per heavy atom. The molecule has 0 aromatic heterocycles. The van der Waals surface area contributed by atoms with Crippen molar-refractivity contribution in [3.8, 4) is 0 Å². The minimum absolute atomic E-state index is 0.351. The van der Waals surface area contributed by atoms with Crippen LogP contribution in [0.4, 0.5) is 4.79 Å². The zero-order valence-electron chi connectivity index (χ0n) is 12.4. The van der Waals surface area contributed by atoms with E-state index in [9.17, 15) is 19.8 Å². The molecule has 1 aliphatic rings. The van der Waals surface area contributed by atoms with E-state index >= 15 is 0 Å². The van der Waals surface area contributed by atoms with Crippen LogP contribution in [-0.4, -0.2) is 57.3 Å². The van der Waals surface area contributed by atoms with Crippen molar-refractivity contribution < 1.29 is 19.8 Å². The van der Waals surface area contributed by atoms with Crippen molar-refractivity contribution in [3.05, 3.63) is 35.9 Å². The standard InChI is InChI=1S/C15H20N2O4S/c1-15(21,13(18)19)12(11-5-3-2-4-6-11)16-14(20)17-7-9-22-10-8-17/h2-6,12,21H,7-10H2,1H3,(H,16,20)(H,18,19). The normalized spacial score (nSPS) is 19.1. The Labute approximate surface area is 133 Å². The molecule has 0 aliphatic carbocycles. The average Bonchev–Trinajstić information content (AvgIpc) is 2.53. The van der Waals surface area contributed by atoms with E-state index in [4.69, 9.17) is 0 Å². The zero-order valence-corrected chi connectivity index (χ0v) is 13.2.